The van der Waals surface area contributed by atoms with Gasteiger partial charge in [0.15, 0.2) is 6.61 Å². The van der Waals surface area contributed by atoms with Gasteiger partial charge in [-0.15, -0.1) is 0 Å². The van der Waals surface area contributed by atoms with Gasteiger partial charge in [0.05, 0.1) is 11.6 Å². The number of hydrogen-bond acceptors (Lipinski definition) is 4. The van der Waals surface area contributed by atoms with Crippen molar-refractivity contribution in [3.63, 3.8) is 0 Å². The molecule has 0 bridgehead atoms. The molecule has 30 heavy (non-hydrogen) atoms. The number of carbonyl (C=O) groups excluding carboxylic acids is 2. The van der Waals surface area contributed by atoms with Gasteiger partial charge in [-0.2, -0.15) is 0 Å². The van der Waals surface area contributed by atoms with Crippen molar-refractivity contribution in [2.24, 2.45) is 0 Å². The summed E-state index contributed by atoms with van der Waals surface area (Å²) in [5, 5.41) is 3.11. The molecule has 2 aromatic rings. The third-order valence-electron chi connectivity index (χ3n) is 5.08. The van der Waals surface area contributed by atoms with Crippen molar-refractivity contribution in [1.82, 2.24) is 9.80 Å². The van der Waals surface area contributed by atoms with Crippen molar-refractivity contribution < 1.29 is 18.7 Å². The molecule has 1 N–H and O–H groups in total. The number of nitrogens with one attached hydrogen (secondary N) is 1. The molecule has 0 unspecified atom stereocenters. The average molecular weight is 434 g/mol. The second-order valence-corrected chi connectivity index (χ2v) is 7.74. The molecule has 0 spiro atoms. The smallest absolute Gasteiger partial charge is 0.260 e. The molecule has 0 aliphatic carbocycles. The molecule has 1 heterocycles. The van der Waals surface area contributed by atoms with Crippen LogP contribution in [0.2, 0.25) is 5.02 Å². The highest BCUT2D eigenvalue weighted by molar-refractivity contribution is 6.32. The fraction of sp³-hybridized carbons (Fsp3) is 0.364. The Labute approximate surface area is 180 Å². The van der Waals surface area contributed by atoms with Gasteiger partial charge in [-0.05, 0) is 43.2 Å². The maximum atomic E-state index is 13.1. The molecule has 160 valence electrons. The van der Waals surface area contributed by atoms with Crippen LogP contribution in [-0.2, 0) is 9.59 Å². The lowest BCUT2D eigenvalue weighted by Gasteiger charge is -2.34. The van der Waals surface area contributed by atoms with Crippen molar-refractivity contribution in [2.45, 2.75) is 13.8 Å². The Morgan fingerprint density at radius 3 is 2.40 bits per heavy atom. The van der Waals surface area contributed by atoms with Crippen LogP contribution in [0.4, 0.5) is 10.1 Å². The molecule has 0 atom stereocenters. The molecular formula is C22H25ClFN3O3. The summed E-state index contributed by atoms with van der Waals surface area (Å²) in [6.07, 6.45) is 0. The summed E-state index contributed by atoms with van der Waals surface area (Å²) < 4.78 is 18.5. The summed E-state index contributed by atoms with van der Waals surface area (Å²) >= 11 is 5.91. The maximum absolute atomic E-state index is 13.1. The number of benzene rings is 2. The fourth-order valence-electron chi connectivity index (χ4n) is 3.37. The molecule has 3 rings (SSSR count). The molecule has 8 heteroatoms. The number of carbonyl (C=O) groups is 2. The van der Waals surface area contributed by atoms with E-state index in [1.807, 2.05) is 36.9 Å². The van der Waals surface area contributed by atoms with Gasteiger partial charge in [0, 0.05) is 31.9 Å². The molecule has 2 amide bonds. The maximum Gasteiger partial charge on any atom is 0.260 e. The average Bonchev–Trinajstić information content (AvgIpc) is 2.70. The number of amides is 2. The van der Waals surface area contributed by atoms with Crippen molar-refractivity contribution >= 4 is 29.1 Å². The van der Waals surface area contributed by atoms with E-state index in [4.69, 9.17) is 16.3 Å². The normalized spacial score (nSPS) is 14.5. The molecule has 1 fully saturated rings. The zero-order chi connectivity index (χ0) is 21.7. The minimum absolute atomic E-state index is 0.0681. The number of anilines is 1. The SMILES string of the molecule is Cc1cccc(C)c1NC(=O)CN1CCN(C(=O)COc2ccc(F)cc2Cl)CC1. The Morgan fingerprint density at radius 1 is 1.10 bits per heavy atom. The monoisotopic (exact) mass is 433 g/mol. The second kappa shape index (κ2) is 9.91. The Bertz CT molecular complexity index is 910. The van der Waals surface area contributed by atoms with Gasteiger partial charge in [-0.3, -0.25) is 14.5 Å². The third-order valence-corrected chi connectivity index (χ3v) is 5.38. The summed E-state index contributed by atoms with van der Waals surface area (Å²) in [5.41, 5.74) is 2.91. The molecule has 2 aromatic carbocycles. The molecular weight excluding hydrogens is 409 g/mol. The van der Waals surface area contributed by atoms with E-state index >= 15 is 0 Å². The van der Waals surface area contributed by atoms with Crippen molar-refractivity contribution in [2.75, 3.05) is 44.6 Å². The lowest BCUT2D eigenvalue weighted by atomic mass is 10.1. The van der Waals surface area contributed by atoms with Crippen molar-refractivity contribution in [3.8, 4) is 5.75 Å². The number of nitrogens with zero attached hydrogens (tertiary/aromatic N) is 2. The summed E-state index contributed by atoms with van der Waals surface area (Å²) in [7, 11) is 0. The fourth-order valence-corrected chi connectivity index (χ4v) is 3.59. The van der Waals surface area contributed by atoms with Crippen LogP contribution in [0.1, 0.15) is 11.1 Å². The van der Waals surface area contributed by atoms with Crippen LogP contribution >= 0.6 is 11.6 Å². The second-order valence-electron chi connectivity index (χ2n) is 7.34. The van der Waals surface area contributed by atoms with Crippen LogP contribution in [0.25, 0.3) is 0 Å². The lowest BCUT2D eigenvalue weighted by molar-refractivity contribution is -0.135. The zero-order valence-corrected chi connectivity index (χ0v) is 17.8. The molecule has 1 saturated heterocycles. The van der Waals surface area contributed by atoms with Crippen molar-refractivity contribution in [3.05, 3.63) is 58.4 Å². The van der Waals surface area contributed by atoms with Gasteiger partial charge in [-0.1, -0.05) is 29.8 Å². The van der Waals surface area contributed by atoms with Gasteiger partial charge >= 0.3 is 0 Å². The number of piperazine rings is 1. The van der Waals surface area contributed by atoms with E-state index in [1.54, 1.807) is 4.90 Å². The molecule has 0 saturated carbocycles. The van der Waals surface area contributed by atoms with Crippen LogP contribution in [-0.4, -0.2) is 60.9 Å². The van der Waals surface area contributed by atoms with E-state index < -0.39 is 5.82 Å². The molecule has 1 aliphatic heterocycles. The highest BCUT2D eigenvalue weighted by Gasteiger charge is 2.23. The predicted octanol–water partition coefficient (Wildman–Crippen LogP) is 3.26. The first-order valence-electron chi connectivity index (χ1n) is 9.77. The van der Waals surface area contributed by atoms with E-state index in [1.165, 1.54) is 12.1 Å². The first-order chi connectivity index (χ1) is 14.3. The Balaban J connectivity index is 1.44. The molecule has 0 aromatic heterocycles. The summed E-state index contributed by atoms with van der Waals surface area (Å²) in [6, 6.07) is 9.67. The zero-order valence-electron chi connectivity index (χ0n) is 17.1. The minimum atomic E-state index is -0.462. The number of rotatable bonds is 6. The van der Waals surface area contributed by atoms with Gasteiger partial charge in [-0.25, -0.2) is 4.39 Å². The van der Waals surface area contributed by atoms with Crippen LogP contribution in [0, 0.1) is 19.7 Å². The van der Waals surface area contributed by atoms with E-state index in [0.29, 0.717) is 26.2 Å². The van der Waals surface area contributed by atoms with Crippen LogP contribution in [0.3, 0.4) is 0 Å². The lowest BCUT2D eigenvalue weighted by Crippen LogP contribution is -2.51. The van der Waals surface area contributed by atoms with Gasteiger partial charge in [0.2, 0.25) is 5.91 Å². The van der Waals surface area contributed by atoms with E-state index in [9.17, 15) is 14.0 Å². The first kappa shape index (κ1) is 22.1. The number of hydrogen-bond donors (Lipinski definition) is 1. The standard InChI is InChI=1S/C22H25ClFN3O3/c1-15-4-3-5-16(2)22(15)25-20(28)13-26-8-10-27(11-9-26)21(29)14-30-19-7-6-17(24)12-18(19)23/h3-7,12H,8-11,13-14H2,1-2H3,(H,25,28). The number of aryl methyl sites for hydroxylation is 2. The third kappa shape index (κ3) is 5.70. The van der Waals surface area contributed by atoms with Gasteiger partial charge in [0.25, 0.3) is 5.91 Å². The van der Waals surface area contributed by atoms with Crippen LogP contribution in [0.15, 0.2) is 36.4 Å². The van der Waals surface area contributed by atoms with E-state index in [2.05, 4.69) is 5.32 Å². The van der Waals surface area contributed by atoms with E-state index in [0.717, 1.165) is 22.9 Å². The Kier molecular flexibility index (Phi) is 7.29. The van der Waals surface area contributed by atoms with Gasteiger partial charge in [0.1, 0.15) is 11.6 Å². The first-order valence-corrected chi connectivity index (χ1v) is 10.2. The Morgan fingerprint density at radius 2 is 1.77 bits per heavy atom. The summed E-state index contributed by atoms with van der Waals surface area (Å²) in [6.45, 7) is 6.26. The number of ether oxygens (including phenoxy) is 1. The summed E-state index contributed by atoms with van der Waals surface area (Å²) in [4.78, 5) is 28.5. The number of halogens is 2. The highest BCUT2D eigenvalue weighted by atomic mass is 35.5. The largest absolute Gasteiger partial charge is 0.482 e. The Hall–Kier alpha value is -2.64. The quantitative estimate of drug-likeness (QED) is 0.759. The van der Waals surface area contributed by atoms with E-state index in [-0.39, 0.29) is 35.7 Å². The van der Waals surface area contributed by atoms with Crippen LogP contribution in [0.5, 0.6) is 5.75 Å². The van der Waals surface area contributed by atoms with Crippen LogP contribution < -0.4 is 10.1 Å². The van der Waals surface area contributed by atoms with Gasteiger partial charge < -0.3 is 15.0 Å². The topological polar surface area (TPSA) is 61.9 Å². The molecule has 0 radical (unpaired) electrons. The minimum Gasteiger partial charge on any atom is -0.482 e. The predicted molar refractivity (Wildman–Crippen MR) is 114 cm³/mol. The molecule has 6 nitrogen and oxygen atoms in total. The summed E-state index contributed by atoms with van der Waals surface area (Å²) in [5.74, 6) is -0.430. The van der Waals surface area contributed by atoms with Crippen molar-refractivity contribution in [1.29, 1.82) is 0 Å². The molecule has 1 aliphatic rings. The number of para-hydroxylation sites is 1. The highest BCUT2D eigenvalue weighted by Crippen LogP contribution is 2.25.